The molecule has 1 aliphatic carbocycles. The van der Waals surface area contributed by atoms with E-state index in [1.807, 2.05) is 4.90 Å². The van der Waals surface area contributed by atoms with Crippen molar-refractivity contribution < 1.29 is 21.9 Å². The number of anilines is 1. The number of sulfonamides is 2. The van der Waals surface area contributed by atoms with E-state index in [0.29, 0.717) is 24.3 Å². The van der Waals surface area contributed by atoms with Crippen molar-refractivity contribution in [3.63, 3.8) is 0 Å². The number of piperidine rings is 1. The van der Waals surface area contributed by atoms with Crippen molar-refractivity contribution in [3.05, 3.63) is 11.6 Å². The van der Waals surface area contributed by atoms with Gasteiger partial charge in [-0.1, -0.05) is 0 Å². The molecule has 0 bridgehead atoms. The van der Waals surface area contributed by atoms with Gasteiger partial charge in [0, 0.05) is 32.1 Å². The molecule has 2 aliphatic rings. The van der Waals surface area contributed by atoms with Gasteiger partial charge in [-0.05, 0) is 41.5 Å². The fourth-order valence-corrected chi connectivity index (χ4v) is 6.81. The average Bonchev–Trinajstić information content (AvgIpc) is 3.12. The van der Waals surface area contributed by atoms with Crippen molar-refractivity contribution >= 4 is 25.7 Å². The van der Waals surface area contributed by atoms with E-state index in [-0.39, 0.29) is 35.8 Å². The van der Waals surface area contributed by atoms with E-state index in [4.69, 9.17) is 21.7 Å². The Morgan fingerprint density at radius 1 is 1.21 bits per heavy atom. The number of tetrazole rings is 1. The molecule has 1 saturated heterocycles. The van der Waals surface area contributed by atoms with Crippen LogP contribution < -0.4 is 26.6 Å². The fraction of sp³-hybridized carbons (Fsp3) is 0.588. The zero-order valence-electron chi connectivity index (χ0n) is 17.7. The predicted octanol–water partition coefficient (Wildman–Crippen LogP) is -2.66. The molecule has 1 aromatic heterocycles. The predicted molar refractivity (Wildman–Crippen MR) is 118 cm³/mol. The number of benzene rings is 1. The number of nitrogens with zero attached hydrogens (tertiary/aromatic N) is 4. The van der Waals surface area contributed by atoms with Gasteiger partial charge in [0.25, 0.3) is 0 Å². The van der Waals surface area contributed by atoms with Crippen LogP contribution in [-0.4, -0.2) is 74.3 Å². The maximum atomic E-state index is 12.7. The number of H-pyrrole nitrogens is 1. The Balaban J connectivity index is 2.01. The SMILES string of the molecule is NCC(O)Cc1cc(S(N)(=O)=O)c(S(N)(=O)=O)c(-c2nn[nH]n2)c1N1CCC2(CC1)CC2N. The van der Waals surface area contributed by atoms with Gasteiger partial charge in [0.15, 0.2) is 0 Å². The normalized spacial score (nSPS) is 21.4. The highest BCUT2D eigenvalue weighted by atomic mass is 32.2. The van der Waals surface area contributed by atoms with E-state index in [0.717, 1.165) is 25.3 Å². The number of rotatable bonds is 7. The Kier molecular flexibility index (Phi) is 5.97. The largest absolute Gasteiger partial charge is 0.391 e. The van der Waals surface area contributed by atoms with E-state index >= 15 is 0 Å². The van der Waals surface area contributed by atoms with Crippen molar-refractivity contribution in [2.45, 2.75) is 47.6 Å². The van der Waals surface area contributed by atoms with Crippen molar-refractivity contribution in [2.75, 3.05) is 24.5 Å². The molecular weight excluding hydrogens is 474 g/mol. The Morgan fingerprint density at radius 3 is 2.30 bits per heavy atom. The quantitative estimate of drug-likeness (QED) is 0.228. The highest BCUT2D eigenvalue weighted by molar-refractivity contribution is 7.92. The number of aliphatic hydroxyl groups is 1. The Labute approximate surface area is 190 Å². The van der Waals surface area contributed by atoms with E-state index in [1.54, 1.807) is 0 Å². The van der Waals surface area contributed by atoms with Crippen molar-refractivity contribution in [1.29, 1.82) is 0 Å². The number of nitrogens with two attached hydrogens (primary N) is 4. The van der Waals surface area contributed by atoms with E-state index in [9.17, 15) is 21.9 Å². The minimum absolute atomic E-state index is 0.0586. The summed E-state index contributed by atoms with van der Waals surface area (Å²) in [5.41, 5.74) is 12.3. The lowest BCUT2D eigenvalue weighted by molar-refractivity contribution is 0.183. The zero-order chi connectivity index (χ0) is 24.2. The molecule has 1 aromatic carbocycles. The number of aliphatic hydroxyl groups excluding tert-OH is 1. The van der Waals surface area contributed by atoms with Crippen LogP contribution in [0, 0.1) is 5.41 Å². The number of primary sulfonamides is 2. The van der Waals surface area contributed by atoms with Crippen LogP contribution in [0.5, 0.6) is 0 Å². The molecule has 182 valence electrons. The Bertz CT molecular complexity index is 1260. The smallest absolute Gasteiger partial charge is 0.240 e. The molecule has 1 saturated carbocycles. The third-order valence-electron chi connectivity index (χ3n) is 6.51. The van der Waals surface area contributed by atoms with E-state index < -0.39 is 35.9 Å². The van der Waals surface area contributed by atoms with Crippen LogP contribution in [-0.2, 0) is 26.5 Å². The first-order valence-corrected chi connectivity index (χ1v) is 13.3. The number of nitrogens with one attached hydrogen (secondary N) is 1. The second-order valence-corrected chi connectivity index (χ2v) is 11.7. The monoisotopic (exact) mass is 501 g/mol. The lowest BCUT2D eigenvalue weighted by atomic mass is 9.90. The van der Waals surface area contributed by atoms with Gasteiger partial charge in [-0.25, -0.2) is 27.1 Å². The standard InChI is InChI=1S/C17H27N9O5S2/c18-8-10(27)5-9-6-11(32(20,28)29)15(33(21,30)31)13(16-22-24-25-23-16)14(9)26-3-1-17(2-4-26)7-12(17)19/h6,10,12,27H,1-5,7-8,18-19H2,(H2,20,28,29)(H2,21,30,31)(H,22,23,24,25). The maximum absolute atomic E-state index is 12.7. The molecular formula is C17H27N9O5S2. The Morgan fingerprint density at radius 2 is 1.85 bits per heavy atom. The molecule has 2 atom stereocenters. The van der Waals surface area contributed by atoms with Gasteiger partial charge < -0.3 is 21.5 Å². The Hall–Kier alpha value is -2.21. The van der Waals surface area contributed by atoms with Crippen LogP contribution in [0.1, 0.15) is 24.8 Å². The topological polar surface area (TPSA) is 250 Å². The van der Waals surface area contributed by atoms with Gasteiger partial charge in [0.05, 0.1) is 17.4 Å². The van der Waals surface area contributed by atoms with Crippen LogP contribution in [0.2, 0.25) is 0 Å². The van der Waals surface area contributed by atoms with Gasteiger partial charge >= 0.3 is 0 Å². The van der Waals surface area contributed by atoms with Crippen LogP contribution in [0.3, 0.4) is 0 Å². The van der Waals surface area contributed by atoms with Crippen molar-refractivity contribution in [2.24, 2.45) is 27.2 Å². The third-order valence-corrected chi connectivity index (χ3v) is 8.57. The first kappa shape index (κ1) is 23.9. The molecule has 4 rings (SSSR count). The molecule has 10 N–H and O–H groups in total. The molecule has 2 heterocycles. The molecule has 0 radical (unpaired) electrons. The lowest BCUT2D eigenvalue weighted by Gasteiger charge is -2.37. The van der Waals surface area contributed by atoms with Gasteiger partial charge in [-0.2, -0.15) is 5.21 Å². The van der Waals surface area contributed by atoms with Crippen molar-refractivity contribution in [3.8, 4) is 11.4 Å². The van der Waals surface area contributed by atoms with Crippen LogP contribution >= 0.6 is 0 Å². The second-order valence-electron chi connectivity index (χ2n) is 8.67. The number of hydrogen-bond donors (Lipinski definition) is 6. The van der Waals surface area contributed by atoms with Gasteiger partial charge in [-0.3, -0.25) is 0 Å². The van der Waals surface area contributed by atoms with Gasteiger partial charge in [0.1, 0.15) is 9.79 Å². The second kappa shape index (κ2) is 8.23. The molecule has 14 nitrogen and oxygen atoms in total. The van der Waals surface area contributed by atoms with Crippen LogP contribution in [0.25, 0.3) is 11.4 Å². The molecule has 0 amide bonds. The minimum atomic E-state index is -4.62. The van der Waals surface area contributed by atoms with Crippen LogP contribution in [0.4, 0.5) is 5.69 Å². The van der Waals surface area contributed by atoms with Gasteiger partial charge in [-0.15, -0.1) is 10.2 Å². The molecule has 16 heteroatoms. The molecule has 33 heavy (non-hydrogen) atoms. The summed E-state index contributed by atoms with van der Waals surface area (Å²) >= 11 is 0. The molecule has 1 aliphatic heterocycles. The molecule has 2 aromatic rings. The molecule has 2 unspecified atom stereocenters. The summed E-state index contributed by atoms with van der Waals surface area (Å²) in [7, 11) is -9.17. The first-order valence-electron chi connectivity index (χ1n) is 10.3. The summed E-state index contributed by atoms with van der Waals surface area (Å²) in [6, 6.07) is 1.25. The summed E-state index contributed by atoms with van der Waals surface area (Å²) in [5, 5.41) is 34.6. The summed E-state index contributed by atoms with van der Waals surface area (Å²) in [5.74, 6) is -0.175. The van der Waals surface area contributed by atoms with E-state index in [2.05, 4.69) is 20.6 Å². The van der Waals surface area contributed by atoms with Crippen LogP contribution in [0.15, 0.2) is 15.9 Å². The number of aromatic amines is 1. The summed E-state index contributed by atoms with van der Waals surface area (Å²) < 4.78 is 50.2. The first-order chi connectivity index (χ1) is 15.4. The summed E-state index contributed by atoms with van der Waals surface area (Å²) in [6.45, 7) is 0.933. The summed E-state index contributed by atoms with van der Waals surface area (Å²) in [4.78, 5) is 0.462. The molecule has 1 spiro atoms. The molecule has 2 fully saturated rings. The highest BCUT2D eigenvalue weighted by Crippen LogP contribution is 2.54. The lowest BCUT2D eigenvalue weighted by Crippen LogP contribution is -2.38. The maximum Gasteiger partial charge on any atom is 0.240 e. The highest BCUT2D eigenvalue weighted by Gasteiger charge is 2.53. The summed E-state index contributed by atoms with van der Waals surface area (Å²) in [6.07, 6.45) is 1.36. The average molecular weight is 502 g/mol. The third kappa shape index (κ3) is 4.46. The number of hydrogen-bond acceptors (Lipinski definition) is 11. The fourth-order valence-electron chi connectivity index (χ4n) is 4.64. The zero-order valence-corrected chi connectivity index (χ0v) is 19.3. The van der Waals surface area contributed by atoms with Gasteiger partial charge in [0.2, 0.25) is 25.9 Å². The minimum Gasteiger partial charge on any atom is -0.391 e. The van der Waals surface area contributed by atoms with E-state index in [1.165, 1.54) is 0 Å². The number of aromatic nitrogens is 4. The van der Waals surface area contributed by atoms with Crippen molar-refractivity contribution in [1.82, 2.24) is 20.6 Å².